The number of esters is 1. The van der Waals surface area contributed by atoms with Crippen LogP contribution in [0.3, 0.4) is 0 Å². The van der Waals surface area contributed by atoms with Crippen molar-refractivity contribution in [2.45, 2.75) is 48.5 Å². The fourth-order valence-electron chi connectivity index (χ4n) is 2.56. The number of aryl methyl sites for hydroxylation is 2. The summed E-state index contributed by atoms with van der Waals surface area (Å²) in [6.07, 6.45) is 0. The van der Waals surface area contributed by atoms with E-state index in [1.807, 2.05) is 66.7 Å². The molecule has 0 saturated heterocycles. The number of rotatable bonds is 2. The van der Waals surface area contributed by atoms with Gasteiger partial charge in [-0.15, -0.1) is 12.4 Å². The van der Waals surface area contributed by atoms with E-state index in [1.165, 1.54) is 0 Å². The third kappa shape index (κ3) is 4.91. The Morgan fingerprint density at radius 2 is 1.35 bits per heavy atom. The van der Waals surface area contributed by atoms with Gasteiger partial charge < -0.3 is 9.84 Å². The molecule has 0 saturated carbocycles. The second-order valence-corrected chi connectivity index (χ2v) is 7.42. The van der Waals surface area contributed by atoms with Gasteiger partial charge in [0.15, 0.2) is 0 Å². The van der Waals surface area contributed by atoms with Crippen LogP contribution in [0.15, 0.2) is 24.3 Å². The summed E-state index contributed by atoms with van der Waals surface area (Å²) in [4.78, 5) is 12.4. The Hall–Kier alpha value is -1.29. The Balaban J connectivity index is 0.00000312. The van der Waals surface area contributed by atoms with E-state index in [2.05, 4.69) is 0 Å². The van der Waals surface area contributed by atoms with Crippen LogP contribution in [0.5, 0.6) is 11.5 Å². The molecule has 0 unspecified atom stereocenters. The summed E-state index contributed by atoms with van der Waals surface area (Å²) in [5.74, 6) is 0.388. The maximum absolute atomic E-state index is 12.4. The topological polar surface area (TPSA) is 46.5 Å². The molecule has 0 aliphatic carbocycles. The van der Waals surface area contributed by atoms with Gasteiger partial charge in [0.25, 0.3) is 0 Å². The minimum absolute atomic E-state index is 0. The van der Waals surface area contributed by atoms with Gasteiger partial charge in [-0.25, -0.2) is 0 Å². The van der Waals surface area contributed by atoms with Crippen LogP contribution in [-0.2, 0) is 26.5 Å². The first-order valence-corrected chi connectivity index (χ1v) is 8.16. The van der Waals surface area contributed by atoms with Crippen LogP contribution in [0.1, 0.15) is 43.0 Å². The van der Waals surface area contributed by atoms with E-state index in [4.69, 9.17) is 4.74 Å². The molecular formula is C21H27ClO3Ti. The fraction of sp³-hybridized carbons (Fsp3) is 0.381. The third-order valence-corrected chi connectivity index (χ3v) is 4.48. The molecule has 140 valence electrons. The summed E-state index contributed by atoms with van der Waals surface area (Å²) in [5, 5.41) is 10.5. The van der Waals surface area contributed by atoms with Crippen molar-refractivity contribution >= 4 is 18.4 Å². The zero-order valence-corrected chi connectivity index (χ0v) is 18.9. The Bertz CT molecular complexity index is 808. The molecule has 0 aliphatic rings. The summed E-state index contributed by atoms with van der Waals surface area (Å²) in [7, 11) is 0. The summed E-state index contributed by atoms with van der Waals surface area (Å²) >= 11 is 0. The van der Waals surface area contributed by atoms with E-state index in [9.17, 15) is 9.90 Å². The Morgan fingerprint density at radius 3 is 1.85 bits per heavy atom. The first-order valence-electron chi connectivity index (χ1n) is 8.16. The minimum atomic E-state index is -0.597. The van der Waals surface area contributed by atoms with E-state index in [1.54, 1.807) is 6.07 Å². The van der Waals surface area contributed by atoms with Gasteiger partial charge in [-0.05, 0) is 82.9 Å². The molecule has 1 N–H and O–H groups in total. The van der Waals surface area contributed by atoms with Gasteiger partial charge in [0.2, 0.25) is 0 Å². The van der Waals surface area contributed by atoms with E-state index in [0.717, 1.165) is 33.4 Å². The number of carbonyl (C=O) groups excluding carboxylic acids is 1. The van der Waals surface area contributed by atoms with Crippen LogP contribution in [0, 0.1) is 33.1 Å². The molecule has 0 bridgehead atoms. The Kier molecular flexibility index (Phi) is 8.63. The molecule has 2 aromatic rings. The maximum atomic E-state index is 12.4. The molecule has 2 aromatic carbocycles. The minimum Gasteiger partial charge on any atom is -0.507 e. The molecule has 3 nitrogen and oxygen atoms in total. The SMILES string of the molecule is Cc1ccc(O)c(-c2c(OC(=O)C(C)(C)C)ccc(C)c2C)c1C.Cl.[Ti]. The molecule has 5 heteroatoms. The number of hydrogen-bond donors (Lipinski definition) is 1. The summed E-state index contributed by atoms with van der Waals surface area (Å²) in [5.41, 5.74) is 5.06. The number of phenolic OH excluding ortho intramolecular Hbond substituents is 1. The van der Waals surface area contributed by atoms with Crippen LogP contribution in [0.4, 0.5) is 0 Å². The van der Waals surface area contributed by atoms with E-state index in [0.29, 0.717) is 5.75 Å². The van der Waals surface area contributed by atoms with Gasteiger partial charge in [-0.2, -0.15) is 0 Å². The van der Waals surface area contributed by atoms with Crippen LogP contribution in [0.25, 0.3) is 11.1 Å². The summed E-state index contributed by atoms with van der Waals surface area (Å²) < 4.78 is 5.70. The second-order valence-electron chi connectivity index (χ2n) is 7.42. The van der Waals surface area contributed by atoms with Crippen LogP contribution in [-0.4, -0.2) is 11.1 Å². The van der Waals surface area contributed by atoms with Crippen molar-refractivity contribution in [1.29, 1.82) is 0 Å². The van der Waals surface area contributed by atoms with Crippen LogP contribution in [0.2, 0.25) is 0 Å². The van der Waals surface area contributed by atoms with Gasteiger partial charge in [-0.1, -0.05) is 12.1 Å². The molecule has 0 aromatic heterocycles. The van der Waals surface area contributed by atoms with Crippen molar-refractivity contribution < 1.29 is 36.4 Å². The molecule has 0 aliphatic heterocycles. The number of ether oxygens (including phenoxy) is 1. The first-order chi connectivity index (χ1) is 11.0. The summed E-state index contributed by atoms with van der Waals surface area (Å²) in [6, 6.07) is 7.32. The number of hydrogen-bond acceptors (Lipinski definition) is 3. The van der Waals surface area contributed by atoms with Gasteiger partial charge in [0.1, 0.15) is 11.5 Å². The van der Waals surface area contributed by atoms with Crippen molar-refractivity contribution in [3.8, 4) is 22.6 Å². The molecular weight excluding hydrogens is 384 g/mol. The van der Waals surface area contributed by atoms with Crippen molar-refractivity contribution in [3.63, 3.8) is 0 Å². The smallest absolute Gasteiger partial charge is 0.316 e. The van der Waals surface area contributed by atoms with Crippen molar-refractivity contribution in [2.24, 2.45) is 5.41 Å². The summed E-state index contributed by atoms with van der Waals surface area (Å²) in [6.45, 7) is 13.4. The normalized spacial score (nSPS) is 10.6. The monoisotopic (exact) mass is 410 g/mol. The number of aromatic hydroxyl groups is 1. The number of phenols is 1. The standard InChI is InChI=1S/C21H26O3.ClH.Ti/c1-12-8-10-16(22)18(14(12)3)19-15(4)13(2)9-11-17(19)24-20(23)21(5,6)7;;/h8-11,22H,1-7H3;1H;. The predicted octanol–water partition coefficient (Wildman–Crippen LogP) is 5.66. The quantitative estimate of drug-likeness (QED) is 0.394. The molecule has 0 fully saturated rings. The van der Waals surface area contributed by atoms with Crippen LogP contribution < -0.4 is 4.74 Å². The van der Waals surface area contributed by atoms with Crippen molar-refractivity contribution in [3.05, 3.63) is 46.5 Å². The Morgan fingerprint density at radius 1 is 0.885 bits per heavy atom. The van der Waals surface area contributed by atoms with Gasteiger partial charge in [0, 0.05) is 32.8 Å². The van der Waals surface area contributed by atoms with E-state index < -0.39 is 5.41 Å². The van der Waals surface area contributed by atoms with Gasteiger partial charge in [0.05, 0.1) is 5.41 Å². The first kappa shape index (κ1) is 24.7. The zero-order valence-electron chi connectivity index (χ0n) is 16.5. The van der Waals surface area contributed by atoms with E-state index >= 15 is 0 Å². The largest absolute Gasteiger partial charge is 0.507 e. The maximum Gasteiger partial charge on any atom is 0.316 e. The molecule has 0 radical (unpaired) electrons. The van der Waals surface area contributed by atoms with Gasteiger partial charge >= 0.3 is 5.97 Å². The van der Waals surface area contributed by atoms with E-state index in [-0.39, 0.29) is 45.8 Å². The average Bonchev–Trinajstić information content (AvgIpc) is 2.48. The molecule has 0 atom stereocenters. The number of carbonyl (C=O) groups is 1. The molecule has 26 heavy (non-hydrogen) atoms. The molecule has 0 spiro atoms. The second kappa shape index (κ2) is 9.08. The molecule has 0 heterocycles. The predicted molar refractivity (Wildman–Crippen MR) is 105 cm³/mol. The van der Waals surface area contributed by atoms with Gasteiger partial charge in [-0.3, -0.25) is 4.79 Å². The van der Waals surface area contributed by atoms with Crippen molar-refractivity contribution in [2.75, 3.05) is 0 Å². The van der Waals surface area contributed by atoms with Crippen LogP contribution >= 0.6 is 12.4 Å². The molecule has 2 rings (SSSR count). The Labute approximate surface area is 177 Å². The zero-order chi connectivity index (χ0) is 18.2. The van der Waals surface area contributed by atoms with Crippen molar-refractivity contribution in [1.82, 2.24) is 0 Å². The third-order valence-electron chi connectivity index (χ3n) is 4.48. The molecule has 0 amide bonds. The fourth-order valence-corrected chi connectivity index (χ4v) is 2.56. The number of halogens is 1. The average molecular weight is 411 g/mol. The number of benzene rings is 2.